The average molecular weight is 323 g/mol. The van der Waals surface area contributed by atoms with Crippen molar-refractivity contribution in [3.05, 3.63) is 40.0 Å². The van der Waals surface area contributed by atoms with Crippen LogP contribution in [-0.4, -0.2) is 9.78 Å². The van der Waals surface area contributed by atoms with Gasteiger partial charge in [0.15, 0.2) is 0 Å². The predicted molar refractivity (Wildman–Crippen MR) is 83.2 cm³/mol. The van der Waals surface area contributed by atoms with Gasteiger partial charge in [-0.25, -0.2) is 0 Å². The Morgan fingerprint density at radius 2 is 2.00 bits per heavy atom. The average Bonchev–Trinajstić information content (AvgIpc) is 2.67. The summed E-state index contributed by atoms with van der Waals surface area (Å²) in [6, 6.07) is 8.44. The summed E-state index contributed by atoms with van der Waals surface area (Å²) in [5.74, 6) is 0.882. The van der Waals surface area contributed by atoms with Gasteiger partial charge in [-0.2, -0.15) is 5.10 Å². The van der Waals surface area contributed by atoms with Gasteiger partial charge in [0.2, 0.25) is 0 Å². The second kappa shape index (κ2) is 5.65. The monoisotopic (exact) mass is 322 g/mol. The van der Waals surface area contributed by atoms with Crippen molar-refractivity contribution >= 4 is 27.4 Å². The Labute approximate surface area is 122 Å². The summed E-state index contributed by atoms with van der Waals surface area (Å²) in [5.41, 5.74) is 9.00. The highest BCUT2D eigenvalue weighted by molar-refractivity contribution is 9.10. The Kier molecular flexibility index (Phi) is 4.14. The first-order chi connectivity index (χ1) is 9.02. The van der Waals surface area contributed by atoms with Crippen LogP contribution in [0.5, 0.6) is 0 Å². The topological polar surface area (TPSA) is 55.9 Å². The molecule has 0 saturated heterocycles. The fourth-order valence-electron chi connectivity index (χ4n) is 2.07. The molecular formula is C14H19BrN4. The number of rotatable bonds is 4. The van der Waals surface area contributed by atoms with Crippen LogP contribution in [-0.2, 0) is 13.5 Å². The van der Waals surface area contributed by atoms with E-state index in [-0.39, 0.29) is 6.04 Å². The van der Waals surface area contributed by atoms with Gasteiger partial charge >= 0.3 is 0 Å². The normalized spacial score (nSPS) is 12.4. The zero-order valence-corrected chi connectivity index (χ0v) is 13.0. The minimum Gasteiger partial charge on any atom is -0.394 e. The lowest BCUT2D eigenvalue weighted by Gasteiger charge is -2.16. The van der Waals surface area contributed by atoms with Crippen LogP contribution >= 0.6 is 15.9 Å². The lowest BCUT2D eigenvalue weighted by molar-refractivity contribution is 0.734. The molecule has 0 radical (unpaired) electrons. The van der Waals surface area contributed by atoms with E-state index in [0.717, 1.165) is 28.1 Å². The molecular weight excluding hydrogens is 304 g/mol. The van der Waals surface area contributed by atoms with Crippen LogP contribution < -0.4 is 11.1 Å². The number of aryl methyl sites for hydroxylation is 2. The first-order valence-corrected chi connectivity index (χ1v) is 7.15. The van der Waals surface area contributed by atoms with Crippen LogP contribution in [0.2, 0.25) is 0 Å². The number of anilines is 2. The lowest BCUT2D eigenvalue weighted by Crippen LogP contribution is -2.11. The maximum absolute atomic E-state index is 6.11. The van der Waals surface area contributed by atoms with Gasteiger partial charge in [-0.3, -0.25) is 4.68 Å². The summed E-state index contributed by atoms with van der Waals surface area (Å²) in [5, 5.41) is 7.84. The quantitative estimate of drug-likeness (QED) is 0.905. The van der Waals surface area contributed by atoms with E-state index >= 15 is 0 Å². The molecule has 0 aliphatic rings. The number of halogens is 1. The third-order valence-electron chi connectivity index (χ3n) is 3.22. The van der Waals surface area contributed by atoms with E-state index in [1.165, 1.54) is 5.56 Å². The number of hydrogen-bond donors (Lipinski definition) is 2. The molecule has 1 aromatic heterocycles. The summed E-state index contributed by atoms with van der Waals surface area (Å²) in [6.07, 6.45) is 0.841. The molecule has 1 heterocycles. The van der Waals surface area contributed by atoms with Crippen LogP contribution in [0, 0.1) is 0 Å². The zero-order valence-electron chi connectivity index (χ0n) is 11.4. The molecule has 0 amide bonds. The van der Waals surface area contributed by atoms with Crippen LogP contribution in [0.4, 0.5) is 11.5 Å². The van der Waals surface area contributed by atoms with Crippen molar-refractivity contribution in [3.63, 3.8) is 0 Å². The smallest absolute Gasteiger partial charge is 0.148 e. The van der Waals surface area contributed by atoms with E-state index < -0.39 is 0 Å². The van der Waals surface area contributed by atoms with Crippen LogP contribution in [0.3, 0.4) is 0 Å². The van der Waals surface area contributed by atoms with E-state index in [1.54, 1.807) is 0 Å². The second-order valence-corrected chi connectivity index (χ2v) is 5.52. The predicted octanol–water partition coefficient (Wildman–Crippen LogP) is 3.50. The Hall–Kier alpha value is -1.49. The molecule has 1 aromatic carbocycles. The van der Waals surface area contributed by atoms with Gasteiger partial charge in [0.1, 0.15) is 5.82 Å². The highest BCUT2D eigenvalue weighted by Crippen LogP contribution is 2.27. The first kappa shape index (κ1) is 13.9. The highest BCUT2D eigenvalue weighted by atomic mass is 79.9. The summed E-state index contributed by atoms with van der Waals surface area (Å²) in [6.45, 7) is 4.17. The van der Waals surface area contributed by atoms with Gasteiger partial charge in [-0.15, -0.1) is 0 Å². The van der Waals surface area contributed by atoms with E-state index in [1.807, 2.05) is 23.9 Å². The molecule has 4 nitrogen and oxygen atoms in total. The fraction of sp³-hybridized carbons (Fsp3) is 0.357. The molecule has 102 valence electrons. The third kappa shape index (κ3) is 2.92. The fourth-order valence-corrected chi connectivity index (χ4v) is 2.33. The number of nitrogens with two attached hydrogens (primary N) is 1. The summed E-state index contributed by atoms with van der Waals surface area (Å²) in [7, 11) is 1.91. The minimum absolute atomic E-state index is 0.176. The minimum atomic E-state index is 0.176. The number of aromatic nitrogens is 2. The molecule has 2 aromatic rings. The maximum atomic E-state index is 6.11. The van der Waals surface area contributed by atoms with E-state index in [0.29, 0.717) is 0 Å². The largest absolute Gasteiger partial charge is 0.394 e. The first-order valence-electron chi connectivity index (χ1n) is 6.36. The van der Waals surface area contributed by atoms with Crippen molar-refractivity contribution in [2.45, 2.75) is 26.3 Å². The maximum Gasteiger partial charge on any atom is 0.148 e. The molecule has 0 bridgehead atoms. The zero-order chi connectivity index (χ0) is 14.0. The molecule has 1 atom stereocenters. The van der Waals surface area contributed by atoms with Crippen molar-refractivity contribution < 1.29 is 0 Å². The van der Waals surface area contributed by atoms with E-state index in [2.05, 4.69) is 52.3 Å². The number of nitrogens with zero attached hydrogens (tertiary/aromatic N) is 2. The van der Waals surface area contributed by atoms with Gasteiger partial charge in [-0.05, 0) is 31.0 Å². The summed E-state index contributed by atoms with van der Waals surface area (Å²) >= 11 is 3.44. The molecule has 0 fully saturated rings. The lowest BCUT2D eigenvalue weighted by atomic mass is 10.1. The van der Waals surface area contributed by atoms with E-state index in [9.17, 15) is 0 Å². The molecule has 1 unspecified atom stereocenters. The van der Waals surface area contributed by atoms with Gasteiger partial charge in [-0.1, -0.05) is 35.0 Å². The number of nitrogen functional groups attached to an aromatic ring is 1. The van der Waals surface area contributed by atoms with Gasteiger partial charge in [0.05, 0.1) is 17.4 Å². The van der Waals surface area contributed by atoms with Gasteiger partial charge < -0.3 is 11.1 Å². The van der Waals surface area contributed by atoms with Gasteiger partial charge in [0, 0.05) is 11.5 Å². The molecule has 0 aliphatic heterocycles. The van der Waals surface area contributed by atoms with Crippen molar-refractivity contribution in [2.24, 2.45) is 7.05 Å². The van der Waals surface area contributed by atoms with Crippen molar-refractivity contribution in [2.75, 3.05) is 11.1 Å². The molecule has 0 saturated carbocycles. The summed E-state index contributed by atoms with van der Waals surface area (Å²) in [4.78, 5) is 0. The second-order valence-electron chi connectivity index (χ2n) is 4.60. The SMILES string of the molecule is CCc1nn(C)c(NC(C)c2ccc(Br)cc2)c1N. The number of hydrogen-bond acceptors (Lipinski definition) is 3. The van der Waals surface area contributed by atoms with Crippen LogP contribution in [0.25, 0.3) is 0 Å². The molecule has 0 spiro atoms. The molecule has 5 heteroatoms. The Morgan fingerprint density at radius 1 is 1.37 bits per heavy atom. The number of benzene rings is 1. The molecule has 2 rings (SSSR count). The van der Waals surface area contributed by atoms with Crippen molar-refractivity contribution in [1.82, 2.24) is 9.78 Å². The standard InChI is InChI=1S/C14H19BrN4/c1-4-12-13(16)14(19(3)18-12)17-9(2)10-5-7-11(15)8-6-10/h5-9,17H,4,16H2,1-3H3. The van der Waals surface area contributed by atoms with Crippen molar-refractivity contribution in [3.8, 4) is 0 Å². The number of nitrogens with one attached hydrogen (secondary N) is 1. The van der Waals surface area contributed by atoms with Crippen molar-refractivity contribution in [1.29, 1.82) is 0 Å². The molecule has 0 aliphatic carbocycles. The Balaban J connectivity index is 2.21. The Bertz CT molecular complexity index is 560. The highest BCUT2D eigenvalue weighted by Gasteiger charge is 2.14. The van der Waals surface area contributed by atoms with Crippen LogP contribution in [0.1, 0.15) is 31.1 Å². The Morgan fingerprint density at radius 3 is 2.53 bits per heavy atom. The third-order valence-corrected chi connectivity index (χ3v) is 3.75. The van der Waals surface area contributed by atoms with Gasteiger partial charge in [0.25, 0.3) is 0 Å². The van der Waals surface area contributed by atoms with E-state index in [4.69, 9.17) is 5.73 Å². The molecule has 3 N–H and O–H groups in total. The summed E-state index contributed by atoms with van der Waals surface area (Å²) < 4.78 is 2.89. The molecule has 19 heavy (non-hydrogen) atoms. The van der Waals surface area contributed by atoms with Crippen LogP contribution in [0.15, 0.2) is 28.7 Å².